The van der Waals surface area contributed by atoms with Gasteiger partial charge in [0.25, 0.3) is 5.91 Å². The molecule has 2 rings (SSSR count). The Balaban J connectivity index is 1.62. The van der Waals surface area contributed by atoms with E-state index in [4.69, 9.17) is 0 Å². The van der Waals surface area contributed by atoms with Gasteiger partial charge in [-0.1, -0.05) is 25.1 Å². The van der Waals surface area contributed by atoms with Gasteiger partial charge >= 0.3 is 0 Å². The lowest BCUT2D eigenvalue weighted by molar-refractivity contribution is -0.129. The first kappa shape index (κ1) is 19.8. The topological polar surface area (TPSA) is 85.8 Å². The zero-order valence-electron chi connectivity index (χ0n) is 15.6. The highest BCUT2D eigenvalue weighted by atomic mass is 16.2. The summed E-state index contributed by atoms with van der Waals surface area (Å²) in [6.45, 7) is 4.71. The summed E-state index contributed by atoms with van der Waals surface area (Å²) in [5.74, 6) is 0.876. The molecule has 1 atom stereocenters. The van der Waals surface area contributed by atoms with Crippen molar-refractivity contribution in [3.8, 4) is 0 Å². The summed E-state index contributed by atoms with van der Waals surface area (Å²) in [6.07, 6.45) is 2.28. The normalized spacial score (nSPS) is 17.1. The summed E-state index contributed by atoms with van der Waals surface area (Å²) in [6, 6.07) is 9.42. The second-order valence-corrected chi connectivity index (χ2v) is 6.30. The number of nitrogens with zero attached hydrogens (tertiary/aromatic N) is 2. The number of benzene rings is 1. The number of carbonyl (C=O) groups is 2. The fourth-order valence-corrected chi connectivity index (χ4v) is 2.90. The smallest absolute Gasteiger partial charge is 0.251 e. The van der Waals surface area contributed by atoms with E-state index in [1.54, 1.807) is 19.2 Å². The van der Waals surface area contributed by atoms with Crippen LogP contribution in [0, 0.1) is 0 Å². The van der Waals surface area contributed by atoms with Crippen molar-refractivity contribution in [1.29, 1.82) is 0 Å². The van der Waals surface area contributed by atoms with Gasteiger partial charge in [0.1, 0.15) is 0 Å². The van der Waals surface area contributed by atoms with E-state index in [2.05, 4.69) is 20.9 Å². The molecule has 0 bridgehead atoms. The highest BCUT2D eigenvalue weighted by Gasteiger charge is 2.25. The van der Waals surface area contributed by atoms with Crippen LogP contribution < -0.4 is 16.0 Å². The predicted octanol–water partition coefficient (Wildman–Crippen LogP) is 0.982. The van der Waals surface area contributed by atoms with Gasteiger partial charge in [-0.3, -0.25) is 14.6 Å². The second kappa shape index (κ2) is 10.4. The van der Waals surface area contributed by atoms with Crippen molar-refractivity contribution in [3.63, 3.8) is 0 Å². The molecule has 1 aromatic rings. The molecule has 1 aromatic carbocycles. The minimum absolute atomic E-state index is 0.0558. The van der Waals surface area contributed by atoms with E-state index in [0.717, 1.165) is 31.9 Å². The third-order valence-electron chi connectivity index (χ3n) is 4.38. The minimum Gasteiger partial charge on any atom is -0.356 e. The van der Waals surface area contributed by atoms with Crippen LogP contribution in [0.15, 0.2) is 35.3 Å². The van der Waals surface area contributed by atoms with Crippen molar-refractivity contribution in [2.24, 2.45) is 4.99 Å². The van der Waals surface area contributed by atoms with Crippen LogP contribution in [0.4, 0.5) is 0 Å². The average molecular weight is 359 g/mol. The fraction of sp³-hybridized carbons (Fsp3) is 0.526. The second-order valence-electron chi connectivity index (χ2n) is 6.30. The van der Waals surface area contributed by atoms with Crippen LogP contribution >= 0.6 is 0 Å². The van der Waals surface area contributed by atoms with Crippen molar-refractivity contribution in [1.82, 2.24) is 20.9 Å². The van der Waals surface area contributed by atoms with Crippen LogP contribution in [0.25, 0.3) is 0 Å². The summed E-state index contributed by atoms with van der Waals surface area (Å²) in [5, 5.41) is 9.51. The summed E-state index contributed by atoms with van der Waals surface area (Å²) in [7, 11) is 1.73. The summed E-state index contributed by atoms with van der Waals surface area (Å²) in [5.41, 5.74) is 0.672. The zero-order valence-corrected chi connectivity index (χ0v) is 15.6. The Hall–Kier alpha value is -2.57. The molecule has 0 aliphatic carbocycles. The number of amides is 2. The lowest BCUT2D eigenvalue weighted by Crippen LogP contribution is -2.45. The molecular formula is C19H29N5O2. The maximum absolute atomic E-state index is 11.9. The Morgan fingerprint density at radius 3 is 2.62 bits per heavy atom. The van der Waals surface area contributed by atoms with Crippen LogP contribution in [0.5, 0.6) is 0 Å². The van der Waals surface area contributed by atoms with Crippen molar-refractivity contribution < 1.29 is 9.59 Å². The highest BCUT2D eigenvalue weighted by Crippen LogP contribution is 2.10. The predicted molar refractivity (Wildman–Crippen MR) is 103 cm³/mol. The van der Waals surface area contributed by atoms with Gasteiger partial charge in [-0.2, -0.15) is 0 Å². The Morgan fingerprint density at radius 2 is 1.92 bits per heavy atom. The van der Waals surface area contributed by atoms with E-state index >= 15 is 0 Å². The standard InChI is InChI=1S/C19H29N5O2/c1-3-17(25)24-13-10-16(14-24)23-19(20-2)22-12-7-11-21-18(26)15-8-5-4-6-9-15/h4-6,8-9,16H,3,7,10-14H2,1-2H3,(H,21,26)(H2,20,22,23). The molecule has 7 nitrogen and oxygen atoms in total. The molecular weight excluding hydrogens is 330 g/mol. The first-order valence-corrected chi connectivity index (χ1v) is 9.22. The monoisotopic (exact) mass is 359 g/mol. The van der Waals surface area contributed by atoms with Crippen LogP contribution in [0.3, 0.4) is 0 Å². The average Bonchev–Trinajstić information content (AvgIpc) is 3.15. The number of carbonyl (C=O) groups excluding carboxylic acids is 2. The molecule has 1 heterocycles. The first-order valence-electron chi connectivity index (χ1n) is 9.22. The van der Waals surface area contributed by atoms with Gasteiger partial charge in [-0.15, -0.1) is 0 Å². The molecule has 142 valence electrons. The lowest BCUT2D eigenvalue weighted by atomic mass is 10.2. The first-order chi connectivity index (χ1) is 12.6. The van der Waals surface area contributed by atoms with Gasteiger partial charge < -0.3 is 20.9 Å². The number of aliphatic imine (C=N–C) groups is 1. The van der Waals surface area contributed by atoms with Crippen LogP contribution in [0.1, 0.15) is 36.5 Å². The van der Waals surface area contributed by atoms with Gasteiger partial charge in [0.15, 0.2) is 5.96 Å². The molecule has 0 aromatic heterocycles. The third kappa shape index (κ3) is 6.06. The van der Waals surface area contributed by atoms with Gasteiger partial charge in [0.2, 0.25) is 5.91 Å². The van der Waals surface area contributed by atoms with Crippen LogP contribution in [-0.2, 0) is 4.79 Å². The number of likely N-dealkylation sites (tertiary alicyclic amines) is 1. The summed E-state index contributed by atoms with van der Waals surface area (Å²) < 4.78 is 0. The van der Waals surface area contributed by atoms with E-state index in [1.165, 1.54) is 0 Å². The number of guanidine groups is 1. The van der Waals surface area contributed by atoms with E-state index in [9.17, 15) is 9.59 Å². The zero-order chi connectivity index (χ0) is 18.8. The van der Waals surface area contributed by atoms with Gasteiger partial charge in [-0.25, -0.2) is 0 Å². The molecule has 1 fully saturated rings. The SMILES string of the molecule is CCC(=O)N1CCC(NC(=NC)NCCCNC(=O)c2ccccc2)C1. The molecule has 7 heteroatoms. The van der Waals surface area contributed by atoms with Crippen molar-refractivity contribution in [2.45, 2.75) is 32.2 Å². The molecule has 1 aliphatic rings. The number of rotatable bonds is 7. The van der Waals surface area contributed by atoms with Gasteiger partial charge in [-0.05, 0) is 25.0 Å². The molecule has 0 saturated carbocycles. The quantitative estimate of drug-likeness (QED) is 0.385. The molecule has 1 saturated heterocycles. The van der Waals surface area contributed by atoms with Crippen LogP contribution in [0.2, 0.25) is 0 Å². The Kier molecular flexibility index (Phi) is 7.92. The molecule has 26 heavy (non-hydrogen) atoms. The highest BCUT2D eigenvalue weighted by molar-refractivity contribution is 5.94. The summed E-state index contributed by atoms with van der Waals surface area (Å²) in [4.78, 5) is 29.8. The number of nitrogens with one attached hydrogen (secondary N) is 3. The lowest BCUT2D eigenvalue weighted by Gasteiger charge is -2.18. The molecule has 0 spiro atoms. The van der Waals surface area contributed by atoms with E-state index < -0.39 is 0 Å². The minimum atomic E-state index is -0.0558. The maximum atomic E-state index is 11.9. The van der Waals surface area contributed by atoms with Gasteiger partial charge in [0.05, 0.1) is 0 Å². The van der Waals surface area contributed by atoms with E-state index in [0.29, 0.717) is 25.1 Å². The van der Waals surface area contributed by atoms with Crippen molar-refractivity contribution in [3.05, 3.63) is 35.9 Å². The number of hydrogen-bond acceptors (Lipinski definition) is 3. The molecule has 2 amide bonds. The van der Waals surface area contributed by atoms with Crippen molar-refractivity contribution in [2.75, 3.05) is 33.2 Å². The fourth-order valence-electron chi connectivity index (χ4n) is 2.90. The third-order valence-corrected chi connectivity index (χ3v) is 4.38. The van der Waals surface area contributed by atoms with Gasteiger partial charge in [0, 0.05) is 51.3 Å². The summed E-state index contributed by atoms with van der Waals surface area (Å²) >= 11 is 0. The van der Waals surface area contributed by atoms with E-state index in [-0.39, 0.29) is 17.9 Å². The molecule has 1 aliphatic heterocycles. The Bertz CT molecular complexity index is 618. The largest absolute Gasteiger partial charge is 0.356 e. The van der Waals surface area contributed by atoms with Crippen LogP contribution in [-0.4, -0.2) is 61.9 Å². The van der Waals surface area contributed by atoms with Crippen molar-refractivity contribution >= 4 is 17.8 Å². The molecule has 1 unspecified atom stereocenters. The van der Waals surface area contributed by atoms with E-state index in [1.807, 2.05) is 30.0 Å². The number of hydrogen-bond donors (Lipinski definition) is 3. The Labute approximate surface area is 155 Å². The maximum Gasteiger partial charge on any atom is 0.251 e. The Morgan fingerprint density at radius 1 is 1.19 bits per heavy atom. The molecule has 3 N–H and O–H groups in total. The molecule has 0 radical (unpaired) electrons.